The number of aryl methyl sites for hydroxylation is 1. The molecular formula is C17H32IN7OS. The van der Waals surface area contributed by atoms with Crippen molar-refractivity contribution in [1.29, 1.82) is 0 Å². The van der Waals surface area contributed by atoms with Crippen LogP contribution in [0.3, 0.4) is 0 Å². The van der Waals surface area contributed by atoms with E-state index < -0.39 is 0 Å². The highest BCUT2D eigenvalue weighted by Gasteiger charge is 2.22. The van der Waals surface area contributed by atoms with Crippen molar-refractivity contribution < 1.29 is 4.74 Å². The maximum atomic E-state index is 5.40. The van der Waals surface area contributed by atoms with Crippen molar-refractivity contribution in [3.63, 3.8) is 0 Å². The lowest BCUT2D eigenvalue weighted by atomic mass is 10.3. The van der Waals surface area contributed by atoms with E-state index in [0.717, 1.165) is 95.5 Å². The van der Waals surface area contributed by atoms with Crippen LogP contribution in [-0.4, -0.2) is 97.2 Å². The minimum absolute atomic E-state index is 0. The molecule has 1 N–H and O–H groups in total. The molecule has 0 bridgehead atoms. The molecule has 2 aliphatic rings. The van der Waals surface area contributed by atoms with E-state index in [1.807, 2.05) is 0 Å². The molecule has 0 amide bonds. The van der Waals surface area contributed by atoms with Gasteiger partial charge in [-0.1, -0.05) is 6.92 Å². The van der Waals surface area contributed by atoms with Gasteiger partial charge in [0.1, 0.15) is 5.82 Å². The predicted molar refractivity (Wildman–Crippen MR) is 122 cm³/mol. The number of rotatable bonds is 6. The van der Waals surface area contributed by atoms with Gasteiger partial charge in [-0.2, -0.15) is 4.37 Å². The number of nitrogens with zero attached hydrogens (tertiary/aromatic N) is 6. The number of hydrogen-bond acceptors (Lipinski definition) is 7. The molecule has 0 unspecified atom stereocenters. The SMILES string of the molecule is CCNC(=NCCN1CCOCC1)N1CCN(c2nc(CC)ns2)CC1.I. The van der Waals surface area contributed by atoms with Crippen molar-refractivity contribution >= 4 is 46.6 Å². The Balaban J connectivity index is 0.00000261. The van der Waals surface area contributed by atoms with Gasteiger partial charge in [-0.25, -0.2) is 4.98 Å². The van der Waals surface area contributed by atoms with Gasteiger partial charge in [0.15, 0.2) is 5.96 Å². The first kappa shape index (κ1) is 22.6. The number of guanidine groups is 1. The molecule has 0 atom stereocenters. The Hall–Kier alpha value is -0.720. The third kappa shape index (κ3) is 6.68. The Kier molecular flexibility index (Phi) is 10.0. The van der Waals surface area contributed by atoms with Gasteiger partial charge in [-0.3, -0.25) is 9.89 Å². The number of morpholine rings is 1. The molecule has 0 aliphatic carbocycles. The number of piperazine rings is 1. The number of halogens is 1. The second-order valence-corrected chi connectivity index (χ2v) is 7.24. The van der Waals surface area contributed by atoms with Crippen molar-refractivity contribution in [2.24, 2.45) is 4.99 Å². The first-order valence-corrected chi connectivity index (χ1v) is 10.5. The number of aromatic nitrogens is 2. The van der Waals surface area contributed by atoms with E-state index in [4.69, 9.17) is 9.73 Å². The van der Waals surface area contributed by atoms with Gasteiger partial charge in [0.25, 0.3) is 0 Å². The summed E-state index contributed by atoms with van der Waals surface area (Å²) < 4.78 is 9.81. The van der Waals surface area contributed by atoms with Crippen molar-refractivity contribution in [3.05, 3.63) is 5.82 Å². The van der Waals surface area contributed by atoms with E-state index in [0.29, 0.717) is 0 Å². The molecule has 0 saturated carbocycles. The molecule has 10 heteroatoms. The summed E-state index contributed by atoms with van der Waals surface area (Å²) in [5.41, 5.74) is 0. The fraction of sp³-hybridized carbons (Fsp3) is 0.824. The van der Waals surface area contributed by atoms with Gasteiger partial charge in [-0.05, 0) is 6.92 Å². The predicted octanol–water partition coefficient (Wildman–Crippen LogP) is 1.14. The third-order valence-corrected chi connectivity index (χ3v) is 5.55. The summed E-state index contributed by atoms with van der Waals surface area (Å²) in [4.78, 5) is 16.6. The summed E-state index contributed by atoms with van der Waals surface area (Å²) in [7, 11) is 0. The summed E-state index contributed by atoms with van der Waals surface area (Å²) in [5, 5.41) is 4.50. The first-order valence-electron chi connectivity index (χ1n) is 9.71. The highest BCUT2D eigenvalue weighted by atomic mass is 127. The van der Waals surface area contributed by atoms with Crippen LogP contribution in [0.1, 0.15) is 19.7 Å². The number of aliphatic imine (C=N–C) groups is 1. The van der Waals surface area contributed by atoms with Crippen LogP contribution in [0.25, 0.3) is 0 Å². The lowest BCUT2D eigenvalue weighted by molar-refractivity contribution is 0.0394. The minimum atomic E-state index is 0. The Morgan fingerprint density at radius 2 is 1.89 bits per heavy atom. The quantitative estimate of drug-likeness (QED) is 0.351. The Labute approximate surface area is 183 Å². The van der Waals surface area contributed by atoms with Crippen LogP contribution in [0.4, 0.5) is 5.13 Å². The largest absolute Gasteiger partial charge is 0.379 e. The van der Waals surface area contributed by atoms with Crippen LogP contribution in [0, 0.1) is 0 Å². The Morgan fingerprint density at radius 1 is 1.15 bits per heavy atom. The normalized spacial score (nSPS) is 19.1. The molecule has 1 aromatic heterocycles. The standard InChI is InChI=1S/C17H31N7OS.HI/c1-3-15-20-17(26-21-15)24-9-7-23(8-10-24)16(18-4-2)19-5-6-22-11-13-25-14-12-22;/h3-14H2,1-2H3,(H,18,19);1H. The van der Waals surface area contributed by atoms with Gasteiger partial charge in [-0.15, -0.1) is 24.0 Å². The molecule has 2 aliphatic heterocycles. The molecule has 0 radical (unpaired) electrons. The average molecular weight is 509 g/mol. The van der Waals surface area contributed by atoms with E-state index in [1.54, 1.807) is 0 Å². The molecule has 3 rings (SSSR count). The van der Waals surface area contributed by atoms with Crippen LogP contribution in [0.15, 0.2) is 4.99 Å². The minimum Gasteiger partial charge on any atom is -0.379 e. The van der Waals surface area contributed by atoms with E-state index in [2.05, 4.69) is 43.2 Å². The van der Waals surface area contributed by atoms with Crippen molar-refractivity contribution in [3.8, 4) is 0 Å². The van der Waals surface area contributed by atoms with Crippen LogP contribution >= 0.6 is 35.5 Å². The topological polar surface area (TPSA) is 69.1 Å². The molecular weight excluding hydrogens is 477 g/mol. The number of hydrogen-bond donors (Lipinski definition) is 1. The Bertz CT molecular complexity index is 571. The van der Waals surface area contributed by atoms with Crippen LogP contribution in [0.2, 0.25) is 0 Å². The second-order valence-electron chi connectivity index (χ2n) is 6.51. The van der Waals surface area contributed by atoms with E-state index >= 15 is 0 Å². The molecule has 27 heavy (non-hydrogen) atoms. The van der Waals surface area contributed by atoms with Crippen LogP contribution in [0.5, 0.6) is 0 Å². The number of anilines is 1. The van der Waals surface area contributed by atoms with E-state index in [9.17, 15) is 0 Å². The summed E-state index contributed by atoms with van der Waals surface area (Å²) in [6.07, 6.45) is 0.900. The molecule has 0 aromatic carbocycles. The monoisotopic (exact) mass is 509 g/mol. The van der Waals surface area contributed by atoms with Crippen molar-refractivity contribution in [2.75, 3.05) is 77.0 Å². The molecule has 2 saturated heterocycles. The smallest absolute Gasteiger partial charge is 0.205 e. The van der Waals surface area contributed by atoms with Crippen molar-refractivity contribution in [2.45, 2.75) is 20.3 Å². The highest BCUT2D eigenvalue weighted by molar-refractivity contribution is 14.0. The molecule has 0 spiro atoms. The molecule has 3 heterocycles. The zero-order valence-electron chi connectivity index (χ0n) is 16.4. The fourth-order valence-electron chi connectivity index (χ4n) is 3.17. The van der Waals surface area contributed by atoms with Crippen LogP contribution in [-0.2, 0) is 11.2 Å². The van der Waals surface area contributed by atoms with E-state index in [1.165, 1.54) is 11.5 Å². The molecule has 1 aromatic rings. The molecule has 2 fully saturated rings. The number of nitrogens with one attached hydrogen (secondary N) is 1. The van der Waals surface area contributed by atoms with E-state index in [-0.39, 0.29) is 24.0 Å². The lowest BCUT2D eigenvalue weighted by Gasteiger charge is -2.36. The summed E-state index contributed by atoms with van der Waals surface area (Å²) in [5.74, 6) is 1.98. The summed E-state index contributed by atoms with van der Waals surface area (Å²) in [6.45, 7) is 14.5. The van der Waals surface area contributed by atoms with Gasteiger partial charge in [0.05, 0.1) is 19.8 Å². The third-order valence-electron chi connectivity index (χ3n) is 4.74. The first-order chi connectivity index (χ1) is 12.8. The van der Waals surface area contributed by atoms with Crippen molar-refractivity contribution in [1.82, 2.24) is 24.5 Å². The van der Waals surface area contributed by atoms with Gasteiger partial charge >= 0.3 is 0 Å². The zero-order valence-corrected chi connectivity index (χ0v) is 19.5. The van der Waals surface area contributed by atoms with Gasteiger partial charge < -0.3 is 19.9 Å². The lowest BCUT2D eigenvalue weighted by Crippen LogP contribution is -2.52. The zero-order chi connectivity index (χ0) is 18.2. The second kappa shape index (κ2) is 12.0. The highest BCUT2D eigenvalue weighted by Crippen LogP contribution is 2.19. The summed E-state index contributed by atoms with van der Waals surface area (Å²) >= 11 is 1.51. The van der Waals surface area contributed by atoms with Gasteiger partial charge in [0, 0.05) is 70.3 Å². The maximum Gasteiger partial charge on any atom is 0.205 e. The number of ether oxygens (including phenoxy) is 1. The Morgan fingerprint density at radius 3 is 2.52 bits per heavy atom. The molecule has 8 nitrogen and oxygen atoms in total. The molecule has 154 valence electrons. The van der Waals surface area contributed by atoms with Gasteiger partial charge in [0.2, 0.25) is 5.13 Å². The summed E-state index contributed by atoms with van der Waals surface area (Å²) in [6, 6.07) is 0. The average Bonchev–Trinajstić information content (AvgIpc) is 3.18. The fourth-order valence-corrected chi connectivity index (χ4v) is 3.98. The maximum absolute atomic E-state index is 5.40. The van der Waals surface area contributed by atoms with Crippen LogP contribution < -0.4 is 10.2 Å².